The highest BCUT2D eigenvalue weighted by Gasteiger charge is 2.24. The lowest BCUT2D eigenvalue weighted by atomic mass is 10.2. The monoisotopic (exact) mass is 478 g/mol. The second-order valence-electron chi connectivity index (χ2n) is 6.63. The van der Waals surface area contributed by atoms with Crippen LogP contribution < -0.4 is 4.74 Å². The van der Waals surface area contributed by atoms with Gasteiger partial charge in [-0.15, -0.1) is 0 Å². The van der Waals surface area contributed by atoms with Gasteiger partial charge in [0.2, 0.25) is 5.90 Å². The van der Waals surface area contributed by atoms with Crippen molar-refractivity contribution < 1.29 is 19.2 Å². The molecular weight excluding hydrogens is 464 g/mol. The summed E-state index contributed by atoms with van der Waals surface area (Å²) in [6.07, 6.45) is 1.62. The number of nitrogens with zero attached hydrogens (tertiary/aromatic N) is 2. The number of non-ortho nitro benzene ring substituents is 1. The van der Waals surface area contributed by atoms with Crippen molar-refractivity contribution in [2.75, 3.05) is 0 Å². The van der Waals surface area contributed by atoms with Gasteiger partial charge in [-0.3, -0.25) is 10.1 Å². The number of hydrogen-bond acceptors (Lipinski definition) is 6. The average Bonchev–Trinajstić information content (AvgIpc) is 3.13. The molecule has 31 heavy (non-hydrogen) atoms. The molecule has 0 fully saturated rings. The zero-order valence-electron chi connectivity index (χ0n) is 16.0. The Kier molecular flexibility index (Phi) is 5.90. The summed E-state index contributed by atoms with van der Waals surface area (Å²) in [5, 5.41) is 10.9. The Morgan fingerprint density at radius 3 is 2.61 bits per heavy atom. The predicted octanol–water partition coefficient (Wildman–Crippen LogP) is 5.28. The minimum absolute atomic E-state index is 0.0127. The van der Waals surface area contributed by atoms with E-state index in [9.17, 15) is 14.9 Å². The lowest BCUT2D eigenvalue weighted by molar-refractivity contribution is -0.384. The molecule has 0 amide bonds. The molecule has 0 aromatic heterocycles. The van der Waals surface area contributed by atoms with Gasteiger partial charge in [0.1, 0.15) is 12.4 Å². The smallest absolute Gasteiger partial charge is 0.363 e. The molecule has 0 saturated carbocycles. The maximum Gasteiger partial charge on any atom is 0.363 e. The quantitative estimate of drug-likeness (QED) is 0.208. The molecule has 1 heterocycles. The Labute approximate surface area is 185 Å². The minimum Gasteiger partial charge on any atom is -0.489 e. The van der Waals surface area contributed by atoms with E-state index in [1.165, 1.54) is 12.1 Å². The highest BCUT2D eigenvalue weighted by Crippen LogP contribution is 2.23. The number of hydrogen-bond donors (Lipinski definition) is 0. The number of carbonyl (C=O) groups excluding carboxylic acids is 1. The van der Waals surface area contributed by atoms with Gasteiger partial charge in [-0.05, 0) is 53.6 Å². The van der Waals surface area contributed by atoms with E-state index in [2.05, 4.69) is 20.9 Å². The van der Waals surface area contributed by atoms with Crippen LogP contribution in [0.1, 0.15) is 16.7 Å². The summed E-state index contributed by atoms with van der Waals surface area (Å²) < 4.78 is 11.9. The number of cyclic esters (lactones) is 1. The topological polar surface area (TPSA) is 91.0 Å². The Hall–Kier alpha value is -3.78. The van der Waals surface area contributed by atoms with Crippen LogP contribution in [0.2, 0.25) is 0 Å². The standard InChI is InChI=1S/C23H15BrN2O5/c24-18-9-7-17(8-10-18)22-25-21(23(27)31-22)13-15-3-2-6-20(12-15)30-14-16-4-1-5-19(11-16)26(28)29/h1-13H,14H2/b21-13-. The van der Waals surface area contributed by atoms with E-state index >= 15 is 0 Å². The van der Waals surface area contributed by atoms with Gasteiger partial charge in [0.15, 0.2) is 5.70 Å². The Bertz CT molecular complexity index is 1220. The molecule has 0 N–H and O–H groups in total. The molecule has 0 aliphatic carbocycles. The van der Waals surface area contributed by atoms with E-state index < -0.39 is 10.9 Å². The fourth-order valence-electron chi connectivity index (χ4n) is 2.90. The molecule has 3 aromatic carbocycles. The van der Waals surface area contributed by atoms with Crippen molar-refractivity contribution in [1.82, 2.24) is 0 Å². The molecule has 4 rings (SSSR count). The Balaban J connectivity index is 1.49. The van der Waals surface area contributed by atoms with Gasteiger partial charge in [0, 0.05) is 22.2 Å². The summed E-state index contributed by atoms with van der Waals surface area (Å²) in [6, 6.07) is 20.7. The zero-order chi connectivity index (χ0) is 21.8. The van der Waals surface area contributed by atoms with Crippen LogP contribution in [0, 0.1) is 10.1 Å². The SMILES string of the molecule is O=C1OC(c2ccc(Br)cc2)=N/C1=C\c1cccc(OCc2cccc([N+](=O)[O-])c2)c1. The minimum atomic E-state index is -0.527. The van der Waals surface area contributed by atoms with E-state index in [0.717, 1.165) is 4.47 Å². The van der Waals surface area contributed by atoms with E-state index in [4.69, 9.17) is 9.47 Å². The van der Waals surface area contributed by atoms with Crippen molar-refractivity contribution in [3.05, 3.63) is 110 Å². The van der Waals surface area contributed by atoms with E-state index in [1.54, 1.807) is 36.4 Å². The Morgan fingerprint density at radius 2 is 1.84 bits per heavy atom. The van der Waals surface area contributed by atoms with Crippen LogP contribution in [0.3, 0.4) is 0 Å². The average molecular weight is 479 g/mol. The molecule has 0 saturated heterocycles. The fraction of sp³-hybridized carbons (Fsp3) is 0.0435. The van der Waals surface area contributed by atoms with Gasteiger partial charge in [0.05, 0.1) is 4.92 Å². The summed E-state index contributed by atoms with van der Waals surface area (Å²) in [6.45, 7) is 0.176. The molecule has 1 aliphatic rings. The van der Waals surface area contributed by atoms with Gasteiger partial charge < -0.3 is 9.47 Å². The van der Waals surface area contributed by atoms with E-state index in [1.807, 2.05) is 30.3 Å². The predicted molar refractivity (Wildman–Crippen MR) is 119 cm³/mol. The number of carbonyl (C=O) groups is 1. The van der Waals surface area contributed by atoms with Gasteiger partial charge in [-0.1, -0.05) is 40.2 Å². The van der Waals surface area contributed by atoms with Gasteiger partial charge >= 0.3 is 5.97 Å². The fourth-order valence-corrected chi connectivity index (χ4v) is 3.17. The number of aliphatic imine (C=N–C) groups is 1. The first kappa shape index (κ1) is 20.5. The molecule has 0 atom stereocenters. The van der Waals surface area contributed by atoms with E-state index in [-0.39, 0.29) is 23.9 Å². The van der Waals surface area contributed by atoms with Crippen LogP contribution in [-0.2, 0) is 16.1 Å². The van der Waals surface area contributed by atoms with Crippen molar-refractivity contribution in [3.63, 3.8) is 0 Å². The van der Waals surface area contributed by atoms with Crippen LogP contribution in [0.25, 0.3) is 6.08 Å². The van der Waals surface area contributed by atoms with E-state index in [0.29, 0.717) is 22.4 Å². The number of esters is 1. The van der Waals surface area contributed by atoms with Gasteiger partial charge in [-0.2, -0.15) is 0 Å². The maximum absolute atomic E-state index is 12.2. The number of nitro groups is 1. The van der Waals surface area contributed by atoms with Crippen LogP contribution >= 0.6 is 15.9 Å². The van der Waals surface area contributed by atoms with Crippen LogP contribution in [0.15, 0.2) is 88.0 Å². The zero-order valence-corrected chi connectivity index (χ0v) is 17.6. The molecule has 3 aromatic rings. The third-order valence-corrected chi connectivity index (χ3v) is 4.93. The maximum atomic E-state index is 12.2. The number of benzene rings is 3. The molecule has 0 unspecified atom stereocenters. The van der Waals surface area contributed by atoms with Crippen molar-refractivity contribution >= 4 is 39.6 Å². The van der Waals surface area contributed by atoms with Crippen LogP contribution in [0.5, 0.6) is 5.75 Å². The third kappa shape index (κ3) is 5.04. The van der Waals surface area contributed by atoms with Crippen LogP contribution in [-0.4, -0.2) is 16.8 Å². The van der Waals surface area contributed by atoms with Crippen molar-refractivity contribution in [3.8, 4) is 5.75 Å². The first-order chi connectivity index (χ1) is 15.0. The normalized spacial score (nSPS) is 14.3. The molecular formula is C23H15BrN2O5. The van der Waals surface area contributed by atoms with Crippen LogP contribution in [0.4, 0.5) is 5.69 Å². The number of halogens is 1. The second kappa shape index (κ2) is 8.93. The van der Waals surface area contributed by atoms with Gasteiger partial charge in [0.25, 0.3) is 5.69 Å². The summed E-state index contributed by atoms with van der Waals surface area (Å²) in [4.78, 5) is 27.0. The molecule has 1 aliphatic heterocycles. The summed E-state index contributed by atoms with van der Waals surface area (Å²) in [5.41, 5.74) is 2.30. The largest absolute Gasteiger partial charge is 0.489 e. The second-order valence-corrected chi connectivity index (χ2v) is 7.55. The summed E-state index contributed by atoms with van der Waals surface area (Å²) in [7, 11) is 0. The molecule has 7 nitrogen and oxygen atoms in total. The molecule has 8 heteroatoms. The number of rotatable bonds is 6. The van der Waals surface area contributed by atoms with Crippen molar-refractivity contribution in [2.24, 2.45) is 4.99 Å². The first-order valence-electron chi connectivity index (χ1n) is 9.23. The first-order valence-corrected chi connectivity index (χ1v) is 10.0. The van der Waals surface area contributed by atoms with Gasteiger partial charge in [-0.25, -0.2) is 9.79 Å². The summed E-state index contributed by atoms with van der Waals surface area (Å²) >= 11 is 3.37. The summed E-state index contributed by atoms with van der Waals surface area (Å²) in [5.74, 6) is 0.284. The molecule has 0 spiro atoms. The molecule has 154 valence electrons. The van der Waals surface area contributed by atoms with Crippen molar-refractivity contribution in [2.45, 2.75) is 6.61 Å². The number of nitro benzene ring substituents is 1. The number of ether oxygens (including phenoxy) is 2. The lowest BCUT2D eigenvalue weighted by Gasteiger charge is -2.07. The third-order valence-electron chi connectivity index (χ3n) is 4.40. The highest BCUT2D eigenvalue weighted by molar-refractivity contribution is 9.10. The lowest BCUT2D eigenvalue weighted by Crippen LogP contribution is -2.05. The highest BCUT2D eigenvalue weighted by atomic mass is 79.9. The molecule has 0 bridgehead atoms. The molecule has 0 radical (unpaired) electrons. The Morgan fingerprint density at radius 1 is 1.06 bits per heavy atom. The van der Waals surface area contributed by atoms with Crippen molar-refractivity contribution in [1.29, 1.82) is 0 Å².